The van der Waals surface area contributed by atoms with Crippen molar-refractivity contribution in [3.8, 4) is 6.07 Å². The number of alkyl halides is 3. The van der Waals surface area contributed by atoms with Crippen LogP contribution in [0.3, 0.4) is 0 Å². The van der Waals surface area contributed by atoms with Crippen LogP contribution in [0.25, 0.3) is 0 Å². The summed E-state index contributed by atoms with van der Waals surface area (Å²) in [6.07, 6.45) is -3.34. The number of anilines is 1. The highest BCUT2D eigenvalue weighted by Crippen LogP contribution is 2.33. The van der Waals surface area contributed by atoms with Crippen molar-refractivity contribution >= 4 is 5.82 Å². The van der Waals surface area contributed by atoms with Gasteiger partial charge in [-0.15, -0.1) is 0 Å². The first-order chi connectivity index (χ1) is 8.91. The van der Waals surface area contributed by atoms with E-state index < -0.39 is 18.0 Å². The summed E-state index contributed by atoms with van der Waals surface area (Å²) in [6.45, 7) is 0.0909. The van der Waals surface area contributed by atoms with Gasteiger partial charge in [-0.05, 0) is 30.9 Å². The van der Waals surface area contributed by atoms with E-state index in [1.54, 1.807) is 6.07 Å². The molecule has 1 atom stereocenters. The lowest BCUT2D eigenvalue weighted by molar-refractivity contribution is -0.141. The highest BCUT2D eigenvalue weighted by molar-refractivity contribution is 5.52. The second kappa shape index (κ2) is 5.05. The van der Waals surface area contributed by atoms with Gasteiger partial charge in [-0.1, -0.05) is 0 Å². The van der Waals surface area contributed by atoms with Gasteiger partial charge in [0.25, 0.3) is 0 Å². The predicted octanol–water partition coefficient (Wildman–Crippen LogP) is 2.15. The van der Waals surface area contributed by atoms with Crippen LogP contribution < -0.4 is 5.32 Å². The molecule has 19 heavy (non-hydrogen) atoms. The van der Waals surface area contributed by atoms with Gasteiger partial charge in [-0.2, -0.15) is 18.4 Å². The fraction of sp³-hybridized carbons (Fsp3) is 0.500. The molecule has 1 aromatic heterocycles. The molecule has 7 heteroatoms. The molecule has 4 nitrogen and oxygen atoms in total. The number of hydrogen-bond donors (Lipinski definition) is 2. The minimum Gasteiger partial charge on any atom is -0.391 e. The number of aromatic nitrogens is 1. The third-order valence-electron chi connectivity index (χ3n) is 2.95. The Morgan fingerprint density at radius 1 is 1.47 bits per heavy atom. The zero-order valence-corrected chi connectivity index (χ0v) is 9.91. The average molecular weight is 271 g/mol. The van der Waals surface area contributed by atoms with E-state index in [1.165, 1.54) is 0 Å². The normalized spacial score (nSPS) is 16.8. The van der Waals surface area contributed by atoms with Crippen molar-refractivity contribution in [2.45, 2.75) is 25.1 Å². The number of nitriles is 1. The molecule has 1 fully saturated rings. The molecule has 0 aliphatic heterocycles. The quantitative estimate of drug-likeness (QED) is 0.880. The zero-order valence-electron chi connectivity index (χ0n) is 9.91. The predicted molar refractivity (Wildman–Crippen MR) is 61.2 cm³/mol. The van der Waals surface area contributed by atoms with Crippen LogP contribution in [-0.4, -0.2) is 22.7 Å². The number of pyridine rings is 1. The van der Waals surface area contributed by atoms with Gasteiger partial charge >= 0.3 is 6.18 Å². The molecule has 2 rings (SSSR count). The van der Waals surface area contributed by atoms with Crippen LogP contribution in [0.2, 0.25) is 0 Å². The minimum atomic E-state index is -4.56. The Kier molecular flexibility index (Phi) is 3.62. The smallest absolute Gasteiger partial charge is 0.391 e. The molecule has 0 bridgehead atoms. The lowest BCUT2D eigenvalue weighted by atomic mass is 10.2. The van der Waals surface area contributed by atoms with Crippen LogP contribution in [0, 0.1) is 17.2 Å². The Morgan fingerprint density at radius 3 is 2.68 bits per heavy atom. The average Bonchev–Trinajstić information content (AvgIpc) is 3.18. The largest absolute Gasteiger partial charge is 0.433 e. The van der Waals surface area contributed by atoms with E-state index in [-0.39, 0.29) is 23.8 Å². The third kappa shape index (κ3) is 3.35. The summed E-state index contributed by atoms with van der Waals surface area (Å²) < 4.78 is 37.6. The SMILES string of the molecule is N#Cc1ccc(C(F)(F)F)nc1NCC(O)C1CC1. The standard InChI is InChI=1S/C12H12F3N3O/c13-12(14,15)10-4-3-8(5-16)11(18-10)17-6-9(19)7-1-2-7/h3-4,7,9,19H,1-2,6H2,(H,17,18). The van der Waals surface area contributed by atoms with Crippen molar-refractivity contribution in [2.75, 3.05) is 11.9 Å². The Labute approximate surface area is 107 Å². The zero-order chi connectivity index (χ0) is 14.0. The van der Waals surface area contributed by atoms with Gasteiger partial charge in [0.05, 0.1) is 11.7 Å². The Bertz CT molecular complexity index is 506. The maximum absolute atomic E-state index is 12.5. The molecule has 2 N–H and O–H groups in total. The summed E-state index contributed by atoms with van der Waals surface area (Å²) in [5.74, 6) is 0.0564. The molecule has 0 saturated heterocycles. The summed E-state index contributed by atoms with van der Waals surface area (Å²) in [7, 11) is 0. The van der Waals surface area contributed by atoms with Crippen molar-refractivity contribution in [2.24, 2.45) is 5.92 Å². The molecule has 0 radical (unpaired) electrons. The van der Waals surface area contributed by atoms with Crippen molar-refractivity contribution in [1.29, 1.82) is 5.26 Å². The van der Waals surface area contributed by atoms with Gasteiger partial charge < -0.3 is 10.4 Å². The second-order valence-electron chi connectivity index (χ2n) is 4.49. The lowest BCUT2D eigenvalue weighted by Crippen LogP contribution is -2.23. The van der Waals surface area contributed by atoms with Crippen molar-refractivity contribution < 1.29 is 18.3 Å². The highest BCUT2D eigenvalue weighted by atomic mass is 19.4. The third-order valence-corrected chi connectivity index (χ3v) is 2.95. The molecule has 1 aromatic rings. The summed E-state index contributed by atoms with van der Waals surface area (Å²) in [5.41, 5.74) is -1.04. The monoisotopic (exact) mass is 271 g/mol. The topological polar surface area (TPSA) is 68.9 Å². The molecule has 1 unspecified atom stereocenters. The number of nitrogens with one attached hydrogen (secondary N) is 1. The van der Waals surface area contributed by atoms with E-state index in [0.717, 1.165) is 25.0 Å². The van der Waals surface area contributed by atoms with Gasteiger partial charge in [0.15, 0.2) is 0 Å². The van der Waals surface area contributed by atoms with Gasteiger partial charge in [-0.25, -0.2) is 4.98 Å². The maximum atomic E-state index is 12.5. The molecular formula is C12H12F3N3O. The maximum Gasteiger partial charge on any atom is 0.433 e. The summed E-state index contributed by atoms with van der Waals surface area (Å²) >= 11 is 0. The molecule has 0 aromatic carbocycles. The highest BCUT2D eigenvalue weighted by Gasteiger charge is 2.33. The fourth-order valence-corrected chi connectivity index (χ4v) is 1.69. The molecule has 0 amide bonds. The van der Waals surface area contributed by atoms with Crippen LogP contribution >= 0.6 is 0 Å². The summed E-state index contributed by atoms with van der Waals surface area (Å²) in [6, 6.07) is 3.60. The molecule has 0 spiro atoms. The van der Waals surface area contributed by atoms with Gasteiger partial charge in [0, 0.05) is 6.54 Å². The molecular weight excluding hydrogens is 259 g/mol. The van der Waals surface area contributed by atoms with E-state index in [0.29, 0.717) is 0 Å². The van der Waals surface area contributed by atoms with Gasteiger partial charge in [0.1, 0.15) is 17.6 Å². The van der Waals surface area contributed by atoms with Crippen molar-refractivity contribution in [3.63, 3.8) is 0 Å². The van der Waals surface area contributed by atoms with Crippen LogP contribution in [0.1, 0.15) is 24.1 Å². The summed E-state index contributed by atoms with van der Waals surface area (Å²) in [4.78, 5) is 3.40. The molecule has 102 valence electrons. The lowest BCUT2D eigenvalue weighted by Gasteiger charge is -2.13. The number of nitrogens with zero attached hydrogens (tertiary/aromatic N) is 2. The van der Waals surface area contributed by atoms with Crippen LogP contribution in [-0.2, 0) is 6.18 Å². The van der Waals surface area contributed by atoms with Crippen LogP contribution in [0.4, 0.5) is 19.0 Å². The van der Waals surface area contributed by atoms with Gasteiger partial charge in [-0.3, -0.25) is 0 Å². The molecule has 1 heterocycles. The van der Waals surface area contributed by atoms with Gasteiger partial charge in [0.2, 0.25) is 0 Å². The fourth-order valence-electron chi connectivity index (χ4n) is 1.69. The van der Waals surface area contributed by atoms with Crippen LogP contribution in [0.15, 0.2) is 12.1 Å². The number of aliphatic hydroxyl groups is 1. The first kappa shape index (κ1) is 13.6. The van der Waals surface area contributed by atoms with E-state index in [9.17, 15) is 18.3 Å². The summed E-state index contributed by atoms with van der Waals surface area (Å²) in [5, 5.41) is 21.1. The first-order valence-corrected chi connectivity index (χ1v) is 5.82. The Morgan fingerprint density at radius 2 is 2.16 bits per heavy atom. The Balaban J connectivity index is 2.14. The van der Waals surface area contributed by atoms with E-state index in [1.807, 2.05) is 0 Å². The molecule has 1 aliphatic carbocycles. The van der Waals surface area contributed by atoms with Crippen molar-refractivity contribution in [3.05, 3.63) is 23.4 Å². The minimum absolute atomic E-state index is 0.0241. The van der Waals surface area contributed by atoms with Crippen LogP contribution in [0.5, 0.6) is 0 Å². The van der Waals surface area contributed by atoms with E-state index in [4.69, 9.17) is 5.26 Å². The number of aliphatic hydroxyl groups excluding tert-OH is 1. The first-order valence-electron chi connectivity index (χ1n) is 5.82. The Hall–Kier alpha value is -1.81. The number of halogens is 3. The van der Waals surface area contributed by atoms with E-state index >= 15 is 0 Å². The molecule has 1 aliphatic rings. The number of rotatable bonds is 4. The van der Waals surface area contributed by atoms with E-state index in [2.05, 4.69) is 10.3 Å². The molecule has 1 saturated carbocycles. The van der Waals surface area contributed by atoms with Crippen molar-refractivity contribution in [1.82, 2.24) is 4.98 Å². The second-order valence-corrected chi connectivity index (χ2v) is 4.49. The number of hydrogen-bond acceptors (Lipinski definition) is 4.